The Morgan fingerprint density at radius 1 is 1.07 bits per heavy atom. The molecule has 162 valence electrons. The van der Waals surface area contributed by atoms with Gasteiger partial charge in [0.25, 0.3) is 15.9 Å². The largest absolute Gasteiger partial charge is 0.465 e. The molecule has 0 bridgehead atoms. The van der Waals surface area contributed by atoms with Gasteiger partial charge in [0.2, 0.25) is 0 Å². The highest BCUT2D eigenvalue weighted by Crippen LogP contribution is 2.19. The van der Waals surface area contributed by atoms with Crippen molar-refractivity contribution in [2.75, 3.05) is 17.9 Å². The molecule has 2 aromatic carbocycles. The van der Waals surface area contributed by atoms with E-state index in [0.717, 1.165) is 12.1 Å². The molecule has 1 N–H and O–H groups in total. The summed E-state index contributed by atoms with van der Waals surface area (Å²) in [4.78, 5) is 25.3. The monoisotopic (exact) mass is 440 g/mol. The number of amides is 1. The first-order chi connectivity index (χ1) is 14.0. The number of carbonyl (C=O) groups is 2. The molecule has 0 heterocycles. The maximum atomic E-state index is 13.3. The molecule has 7 nitrogen and oxygen atoms in total. The van der Waals surface area contributed by atoms with Gasteiger partial charge in [-0.1, -0.05) is 0 Å². The average Bonchev–Trinajstić information content (AvgIpc) is 2.68. The molecular weight excluding hydrogens is 418 g/mol. The summed E-state index contributed by atoms with van der Waals surface area (Å²) in [5.41, 5.74) is 0.363. The fourth-order valence-electron chi connectivity index (χ4n) is 2.54. The number of halogens is 2. The smallest absolute Gasteiger partial charge is 0.325 e. The Labute approximate surface area is 173 Å². The SMILES string of the molecule is CCOC(=O)CN(C(=O)c1ccc(NS(=O)(=O)c2ccc(F)c(F)c2)cc1)C(C)C. The van der Waals surface area contributed by atoms with Crippen molar-refractivity contribution in [1.29, 1.82) is 0 Å². The standard InChI is InChI=1S/C20H22F2N2O5S/c1-4-29-19(25)12-24(13(2)3)20(26)14-5-7-15(8-6-14)23-30(27,28)16-9-10-17(21)18(22)11-16/h5-11,13,23H,4,12H2,1-3H3. The van der Waals surface area contributed by atoms with Gasteiger partial charge in [0, 0.05) is 17.3 Å². The van der Waals surface area contributed by atoms with Crippen molar-refractivity contribution in [3.05, 3.63) is 59.7 Å². The van der Waals surface area contributed by atoms with E-state index in [9.17, 15) is 26.8 Å². The minimum atomic E-state index is -4.15. The molecule has 0 unspecified atom stereocenters. The van der Waals surface area contributed by atoms with Crippen LogP contribution in [0.25, 0.3) is 0 Å². The minimum absolute atomic E-state index is 0.123. The summed E-state index contributed by atoms with van der Waals surface area (Å²) in [6.07, 6.45) is 0. The Bertz CT molecular complexity index is 1020. The van der Waals surface area contributed by atoms with Crippen molar-refractivity contribution in [2.24, 2.45) is 0 Å². The molecule has 0 aromatic heterocycles. The van der Waals surface area contributed by atoms with Gasteiger partial charge >= 0.3 is 5.97 Å². The van der Waals surface area contributed by atoms with Gasteiger partial charge in [-0.2, -0.15) is 0 Å². The lowest BCUT2D eigenvalue weighted by Crippen LogP contribution is -2.41. The number of nitrogens with one attached hydrogen (secondary N) is 1. The molecule has 30 heavy (non-hydrogen) atoms. The number of ether oxygens (including phenoxy) is 1. The van der Waals surface area contributed by atoms with E-state index in [-0.39, 0.29) is 30.4 Å². The maximum absolute atomic E-state index is 13.3. The van der Waals surface area contributed by atoms with Crippen LogP contribution in [0.1, 0.15) is 31.1 Å². The zero-order valence-corrected chi connectivity index (χ0v) is 17.5. The summed E-state index contributed by atoms with van der Waals surface area (Å²) in [5.74, 6) is -3.40. The molecule has 0 radical (unpaired) electrons. The third-order valence-corrected chi connectivity index (χ3v) is 5.45. The molecule has 10 heteroatoms. The molecule has 0 aliphatic rings. The number of nitrogens with zero attached hydrogens (tertiary/aromatic N) is 1. The number of anilines is 1. The van der Waals surface area contributed by atoms with Gasteiger partial charge in [-0.15, -0.1) is 0 Å². The first kappa shape index (κ1) is 23.3. The highest BCUT2D eigenvalue weighted by molar-refractivity contribution is 7.92. The molecular formula is C20H22F2N2O5S. The van der Waals surface area contributed by atoms with E-state index in [2.05, 4.69) is 4.72 Å². The third kappa shape index (κ3) is 5.76. The second-order valence-electron chi connectivity index (χ2n) is 6.59. The van der Waals surface area contributed by atoms with Gasteiger partial charge in [-0.05, 0) is 63.2 Å². The van der Waals surface area contributed by atoms with Crippen LogP contribution in [0.15, 0.2) is 47.4 Å². The van der Waals surface area contributed by atoms with Crippen molar-refractivity contribution >= 4 is 27.6 Å². The second-order valence-corrected chi connectivity index (χ2v) is 8.27. The first-order valence-electron chi connectivity index (χ1n) is 9.09. The number of benzene rings is 2. The van der Waals surface area contributed by atoms with E-state index in [0.29, 0.717) is 6.07 Å². The number of rotatable bonds is 8. The van der Waals surface area contributed by atoms with E-state index < -0.39 is 38.4 Å². The van der Waals surface area contributed by atoms with Crippen molar-refractivity contribution in [1.82, 2.24) is 4.90 Å². The van der Waals surface area contributed by atoms with Crippen LogP contribution in [0.4, 0.5) is 14.5 Å². The summed E-state index contributed by atoms with van der Waals surface area (Å²) >= 11 is 0. The van der Waals surface area contributed by atoms with Crippen LogP contribution in [-0.4, -0.2) is 44.4 Å². The molecule has 0 saturated carbocycles. The van der Waals surface area contributed by atoms with Gasteiger partial charge in [0.15, 0.2) is 11.6 Å². The zero-order valence-electron chi connectivity index (χ0n) is 16.7. The Hall–Kier alpha value is -3.01. The van der Waals surface area contributed by atoms with Crippen LogP contribution in [0, 0.1) is 11.6 Å². The highest BCUT2D eigenvalue weighted by atomic mass is 32.2. The van der Waals surface area contributed by atoms with Crippen LogP contribution in [0.3, 0.4) is 0 Å². The van der Waals surface area contributed by atoms with E-state index in [1.54, 1.807) is 20.8 Å². The van der Waals surface area contributed by atoms with Crippen LogP contribution in [-0.2, 0) is 19.6 Å². The van der Waals surface area contributed by atoms with Crippen molar-refractivity contribution in [3.63, 3.8) is 0 Å². The van der Waals surface area contributed by atoms with Crippen LogP contribution >= 0.6 is 0 Å². The molecule has 2 aromatic rings. The Balaban J connectivity index is 2.17. The fraction of sp³-hybridized carbons (Fsp3) is 0.300. The number of carbonyl (C=O) groups excluding carboxylic acids is 2. The zero-order chi connectivity index (χ0) is 22.5. The normalized spacial score (nSPS) is 11.3. The highest BCUT2D eigenvalue weighted by Gasteiger charge is 2.23. The van der Waals surface area contributed by atoms with Crippen LogP contribution in [0.5, 0.6) is 0 Å². The summed E-state index contributed by atoms with van der Waals surface area (Å²) < 4.78 is 58.1. The fourth-order valence-corrected chi connectivity index (χ4v) is 3.61. The van der Waals surface area contributed by atoms with Gasteiger partial charge in [0.05, 0.1) is 11.5 Å². The maximum Gasteiger partial charge on any atom is 0.325 e. The molecule has 0 spiro atoms. The predicted molar refractivity (Wildman–Crippen MR) is 106 cm³/mol. The summed E-state index contributed by atoms with van der Waals surface area (Å²) in [6, 6.07) is 7.46. The van der Waals surface area contributed by atoms with Gasteiger partial charge in [-0.3, -0.25) is 14.3 Å². The molecule has 2 rings (SSSR count). The molecule has 0 fully saturated rings. The van der Waals surface area contributed by atoms with E-state index in [1.807, 2.05) is 0 Å². The van der Waals surface area contributed by atoms with E-state index >= 15 is 0 Å². The Morgan fingerprint density at radius 3 is 2.23 bits per heavy atom. The number of esters is 1. The number of hydrogen-bond donors (Lipinski definition) is 1. The molecule has 0 aliphatic heterocycles. The quantitative estimate of drug-likeness (QED) is 0.637. The van der Waals surface area contributed by atoms with Gasteiger partial charge in [0.1, 0.15) is 6.54 Å². The lowest BCUT2D eigenvalue weighted by Gasteiger charge is -2.25. The number of hydrogen-bond acceptors (Lipinski definition) is 5. The van der Waals surface area contributed by atoms with Crippen LogP contribution < -0.4 is 4.72 Å². The van der Waals surface area contributed by atoms with Crippen molar-refractivity contribution in [3.8, 4) is 0 Å². The Kier molecular flexibility index (Phi) is 7.49. The Morgan fingerprint density at radius 2 is 1.70 bits per heavy atom. The molecule has 0 saturated heterocycles. The van der Waals surface area contributed by atoms with Crippen molar-refractivity contribution in [2.45, 2.75) is 31.7 Å². The summed E-state index contributed by atoms with van der Waals surface area (Å²) in [7, 11) is -4.15. The van der Waals surface area contributed by atoms with Gasteiger partial charge in [-0.25, -0.2) is 17.2 Å². The van der Waals surface area contributed by atoms with Crippen LogP contribution in [0.2, 0.25) is 0 Å². The topological polar surface area (TPSA) is 92.8 Å². The van der Waals surface area contributed by atoms with Gasteiger partial charge < -0.3 is 9.64 Å². The molecule has 0 atom stereocenters. The van der Waals surface area contributed by atoms with E-state index in [1.165, 1.54) is 29.2 Å². The second kappa shape index (κ2) is 9.66. The minimum Gasteiger partial charge on any atom is -0.465 e. The third-order valence-electron chi connectivity index (χ3n) is 4.07. The lowest BCUT2D eigenvalue weighted by atomic mass is 10.1. The number of sulfonamides is 1. The summed E-state index contributed by atoms with van der Waals surface area (Å²) in [5, 5.41) is 0. The molecule has 1 amide bonds. The average molecular weight is 440 g/mol. The van der Waals surface area contributed by atoms with E-state index in [4.69, 9.17) is 4.74 Å². The lowest BCUT2D eigenvalue weighted by molar-refractivity contribution is -0.144. The predicted octanol–water partition coefficient (Wildman–Crippen LogP) is 3.18. The first-order valence-corrected chi connectivity index (χ1v) is 10.6. The summed E-state index contributed by atoms with van der Waals surface area (Å²) in [6.45, 7) is 5.16. The van der Waals surface area contributed by atoms with Crippen molar-refractivity contribution < 1.29 is 31.5 Å². The molecule has 0 aliphatic carbocycles.